The van der Waals surface area contributed by atoms with Crippen molar-refractivity contribution in [3.63, 3.8) is 0 Å². The second-order valence-corrected chi connectivity index (χ2v) is 10.7. The lowest BCUT2D eigenvalue weighted by Gasteiger charge is -2.27. The molecule has 10 nitrogen and oxygen atoms in total. The lowest BCUT2D eigenvalue weighted by atomic mass is 10.0. The molecule has 1 amide bonds. The van der Waals surface area contributed by atoms with Crippen LogP contribution in [-0.4, -0.2) is 58.1 Å². The van der Waals surface area contributed by atoms with Crippen LogP contribution in [0.1, 0.15) is 51.3 Å². The van der Waals surface area contributed by atoms with Gasteiger partial charge in [0.15, 0.2) is 0 Å². The summed E-state index contributed by atoms with van der Waals surface area (Å²) in [6.07, 6.45) is 0.754. The predicted molar refractivity (Wildman–Crippen MR) is 156 cm³/mol. The minimum Gasteiger partial charge on any atom is -0.473 e. The average Bonchev–Trinajstić information content (AvgIpc) is 3.30. The molecule has 0 spiro atoms. The number of nitrogens with one attached hydrogen (secondary N) is 2. The molecule has 1 unspecified atom stereocenters. The van der Waals surface area contributed by atoms with Crippen molar-refractivity contribution >= 4 is 40.2 Å². The third kappa shape index (κ3) is 9.24. The third-order valence-electron chi connectivity index (χ3n) is 6.41. The zero-order valence-corrected chi connectivity index (χ0v) is 24.1. The van der Waals surface area contributed by atoms with E-state index in [1.54, 1.807) is 6.92 Å². The van der Waals surface area contributed by atoms with Gasteiger partial charge in [-0.2, -0.15) is 0 Å². The number of carboxylic acid groups (broad SMARTS) is 2. The van der Waals surface area contributed by atoms with E-state index in [-0.39, 0.29) is 11.9 Å². The zero-order valence-electron chi connectivity index (χ0n) is 23.3. The highest BCUT2D eigenvalue weighted by molar-refractivity contribution is 7.17. The van der Waals surface area contributed by atoms with Gasteiger partial charge < -0.3 is 25.6 Å². The molecular weight excluding hydrogens is 546 g/mol. The molecule has 4 N–H and O–H groups in total. The number of fused-ring (bicyclic) bond motifs is 1. The molecule has 2 heterocycles. The van der Waals surface area contributed by atoms with Crippen molar-refractivity contribution in [3.05, 3.63) is 87.3 Å². The van der Waals surface area contributed by atoms with E-state index in [2.05, 4.69) is 71.0 Å². The van der Waals surface area contributed by atoms with Crippen LogP contribution in [0.3, 0.4) is 0 Å². The van der Waals surface area contributed by atoms with Crippen LogP contribution in [0.2, 0.25) is 0 Å². The molecule has 11 heteroatoms. The van der Waals surface area contributed by atoms with Crippen molar-refractivity contribution in [2.45, 2.75) is 52.9 Å². The summed E-state index contributed by atoms with van der Waals surface area (Å²) in [4.78, 5) is 47.6. The Morgan fingerprint density at radius 3 is 2.27 bits per heavy atom. The van der Waals surface area contributed by atoms with E-state index in [1.807, 2.05) is 13.0 Å². The summed E-state index contributed by atoms with van der Waals surface area (Å²) in [6.45, 7) is 9.03. The smallest absolute Gasteiger partial charge is 0.414 e. The van der Waals surface area contributed by atoms with Crippen LogP contribution in [0.15, 0.2) is 54.6 Å². The Morgan fingerprint density at radius 2 is 1.66 bits per heavy atom. The lowest BCUT2D eigenvalue weighted by Crippen LogP contribution is -2.37. The number of anilines is 1. The standard InChI is InChI=1S/C28H33N3O3S.C2H2O4/c1-4-34-28(33)25-23-14-15-31(17-22-8-6-5-7-9-22)18-24(23)35-27(25)30-26(32)20(3)29-16-21-12-10-19(2)11-13-21;3-1(4)2(5)6/h5-13,20,29H,4,14-18H2,1-3H3,(H,30,32);(H,3,4)(H,5,6). The molecule has 1 atom stereocenters. The molecule has 0 bridgehead atoms. The fourth-order valence-electron chi connectivity index (χ4n) is 4.23. The first-order valence-electron chi connectivity index (χ1n) is 13.2. The second kappa shape index (κ2) is 15.1. The van der Waals surface area contributed by atoms with E-state index in [0.29, 0.717) is 23.7 Å². The van der Waals surface area contributed by atoms with Gasteiger partial charge in [-0.15, -0.1) is 11.3 Å². The first-order chi connectivity index (χ1) is 19.6. The van der Waals surface area contributed by atoms with Gasteiger partial charge in [0.1, 0.15) is 5.00 Å². The number of amides is 1. The quantitative estimate of drug-likeness (QED) is 0.217. The number of aryl methyl sites for hydroxylation is 1. The van der Waals surface area contributed by atoms with Crippen molar-refractivity contribution < 1.29 is 34.1 Å². The second-order valence-electron chi connectivity index (χ2n) is 9.56. The van der Waals surface area contributed by atoms with Crippen molar-refractivity contribution in [3.8, 4) is 0 Å². The highest BCUT2D eigenvalue weighted by atomic mass is 32.1. The van der Waals surface area contributed by atoms with Crippen LogP contribution >= 0.6 is 11.3 Å². The average molecular weight is 582 g/mol. The summed E-state index contributed by atoms with van der Waals surface area (Å²) in [5.41, 5.74) is 5.11. The molecular formula is C30H35N3O7S. The monoisotopic (exact) mass is 581 g/mol. The molecule has 41 heavy (non-hydrogen) atoms. The Morgan fingerprint density at radius 1 is 1.00 bits per heavy atom. The van der Waals surface area contributed by atoms with Gasteiger partial charge >= 0.3 is 17.9 Å². The molecule has 2 aromatic carbocycles. The Balaban J connectivity index is 0.000000696. The number of rotatable bonds is 9. The summed E-state index contributed by atoms with van der Waals surface area (Å²) < 4.78 is 5.36. The first-order valence-corrected chi connectivity index (χ1v) is 14.0. The number of carbonyl (C=O) groups excluding carboxylic acids is 2. The molecule has 0 saturated carbocycles. The molecule has 0 aliphatic carbocycles. The third-order valence-corrected chi connectivity index (χ3v) is 7.54. The topological polar surface area (TPSA) is 145 Å². The number of thiophene rings is 1. The van der Waals surface area contributed by atoms with Gasteiger partial charge in [-0.05, 0) is 43.9 Å². The van der Waals surface area contributed by atoms with Crippen molar-refractivity contribution in [1.82, 2.24) is 10.2 Å². The molecule has 0 fully saturated rings. The predicted octanol–water partition coefficient (Wildman–Crippen LogP) is 4.06. The molecule has 1 aliphatic heterocycles. The minimum absolute atomic E-state index is 0.164. The normalized spacial score (nSPS) is 13.2. The largest absolute Gasteiger partial charge is 0.473 e. The SMILES string of the molecule is CCOC(=O)c1c(NC(=O)C(C)NCc2ccc(C)cc2)sc2c1CCN(Cc1ccccc1)C2.O=C(O)C(=O)O. The summed E-state index contributed by atoms with van der Waals surface area (Å²) in [6, 6.07) is 18.2. The Bertz CT molecular complexity index is 1340. The molecule has 0 saturated heterocycles. The zero-order chi connectivity index (χ0) is 29.9. The van der Waals surface area contributed by atoms with Crippen LogP contribution in [0, 0.1) is 6.92 Å². The van der Waals surface area contributed by atoms with E-state index >= 15 is 0 Å². The Hall–Kier alpha value is -4.06. The summed E-state index contributed by atoms with van der Waals surface area (Å²) in [7, 11) is 0. The van der Waals surface area contributed by atoms with Gasteiger partial charge in [0.05, 0.1) is 18.2 Å². The number of ether oxygens (including phenoxy) is 1. The lowest BCUT2D eigenvalue weighted by molar-refractivity contribution is -0.159. The number of carbonyl (C=O) groups is 4. The first kappa shape index (κ1) is 31.5. The fourth-order valence-corrected chi connectivity index (χ4v) is 5.51. The summed E-state index contributed by atoms with van der Waals surface area (Å²) in [5.74, 6) is -4.18. The van der Waals surface area contributed by atoms with Crippen molar-refractivity contribution in [1.29, 1.82) is 0 Å². The van der Waals surface area contributed by atoms with Gasteiger partial charge in [-0.3, -0.25) is 9.69 Å². The summed E-state index contributed by atoms with van der Waals surface area (Å²) >= 11 is 1.49. The van der Waals surface area contributed by atoms with Crippen LogP contribution in [0.25, 0.3) is 0 Å². The summed E-state index contributed by atoms with van der Waals surface area (Å²) in [5, 5.41) is 21.7. The maximum atomic E-state index is 13.0. The molecule has 1 aliphatic rings. The molecule has 0 radical (unpaired) electrons. The maximum absolute atomic E-state index is 13.0. The highest BCUT2D eigenvalue weighted by Crippen LogP contribution is 2.38. The Kier molecular flexibility index (Phi) is 11.6. The molecule has 218 valence electrons. The van der Waals surface area contributed by atoms with E-state index < -0.39 is 18.0 Å². The molecule has 4 rings (SSSR count). The number of hydrogen-bond acceptors (Lipinski definition) is 8. The maximum Gasteiger partial charge on any atom is 0.414 e. The van der Waals surface area contributed by atoms with Crippen LogP contribution in [-0.2, 0) is 45.2 Å². The Labute approximate surface area is 243 Å². The highest BCUT2D eigenvalue weighted by Gasteiger charge is 2.30. The van der Waals surface area contributed by atoms with Gasteiger partial charge in [0, 0.05) is 31.1 Å². The van der Waals surface area contributed by atoms with E-state index in [0.717, 1.165) is 42.1 Å². The fraction of sp³-hybridized carbons (Fsp3) is 0.333. The number of esters is 1. The van der Waals surface area contributed by atoms with Crippen LogP contribution in [0.5, 0.6) is 0 Å². The van der Waals surface area contributed by atoms with E-state index in [9.17, 15) is 9.59 Å². The molecule has 3 aromatic rings. The van der Waals surface area contributed by atoms with Gasteiger partial charge in [-0.25, -0.2) is 14.4 Å². The van der Waals surface area contributed by atoms with Crippen LogP contribution in [0.4, 0.5) is 5.00 Å². The number of benzene rings is 2. The van der Waals surface area contributed by atoms with Gasteiger partial charge in [0.25, 0.3) is 0 Å². The van der Waals surface area contributed by atoms with Crippen molar-refractivity contribution in [2.24, 2.45) is 0 Å². The van der Waals surface area contributed by atoms with Gasteiger partial charge in [-0.1, -0.05) is 60.2 Å². The molecule has 1 aromatic heterocycles. The van der Waals surface area contributed by atoms with Crippen molar-refractivity contribution in [2.75, 3.05) is 18.5 Å². The van der Waals surface area contributed by atoms with Crippen LogP contribution < -0.4 is 10.6 Å². The minimum atomic E-state index is -1.82. The number of nitrogens with zero attached hydrogens (tertiary/aromatic N) is 1. The number of carboxylic acids is 2. The van der Waals surface area contributed by atoms with E-state index in [4.69, 9.17) is 24.5 Å². The number of hydrogen-bond donors (Lipinski definition) is 4. The van der Waals surface area contributed by atoms with Gasteiger partial charge in [0.2, 0.25) is 5.91 Å². The van der Waals surface area contributed by atoms with E-state index in [1.165, 1.54) is 22.5 Å². The number of aliphatic carboxylic acids is 2.